The van der Waals surface area contributed by atoms with Crippen LogP contribution in [0.3, 0.4) is 0 Å². The molecule has 0 radical (unpaired) electrons. The van der Waals surface area contributed by atoms with Gasteiger partial charge in [0.1, 0.15) is 12.2 Å². The monoisotopic (exact) mass is 291 g/mol. The Labute approximate surface area is 116 Å². The summed E-state index contributed by atoms with van der Waals surface area (Å²) in [6.07, 6.45) is 1.31. The molecule has 0 aliphatic rings. The van der Waals surface area contributed by atoms with Crippen molar-refractivity contribution < 1.29 is 8.42 Å². The van der Waals surface area contributed by atoms with Gasteiger partial charge in [-0.15, -0.1) is 0 Å². The SMILES string of the molecule is Cc1cc(S(=O)(=O)NC(C)c2ncn[nH]2)ccc1C#N. The number of rotatable bonds is 4. The predicted octanol–water partition coefficient (Wildman–Crippen LogP) is 1.02. The molecule has 104 valence electrons. The van der Waals surface area contributed by atoms with E-state index in [4.69, 9.17) is 5.26 Å². The first kappa shape index (κ1) is 14.2. The van der Waals surface area contributed by atoms with Crippen LogP contribution in [0.2, 0.25) is 0 Å². The van der Waals surface area contributed by atoms with Gasteiger partial charge in [-0.2, -0.15) is 10.4 Å². The fourth-order valence-electron chi connectivity index (χ4n) is 1.71. The Balaban J connectivity index is 2.27. The van der Waals surface area contributed by atoms with Crippen molar-refractivity contribution >= 4 is 10.0 Å². The number of aromatic amines is 1. The number of hydrogen-bond acceptors (Lipinski definition) is 5. The Hall–Kier alpha value is -2.24. The maximum absolute atomic E-state index is 12.2. The molecule has 7 nitrogen and oxygen atoms in total. The first-order valence-electron chi connectivity index (χ1n) is 5.82. The summed E-state index contributed by atoms with van der Waals surface area (Å²) in [5, 5.41) is 15.1. The minimum absolute atomic E-state index is 0.111. The standard InChI is InChI=1S/C12H13N5O2S/c1-8-5-11(4-3-10(8)6-13)20(18,19)17-9(2)12-14-7-15-16-12/h3-5,7,9,17H,1-2H3,(H,14,15,16). The zero-order valence-corrected chi connectivity index (χ0v) is 11.8. The van der Waals surface area contributed by atoms with Crippen LogP contribution in [0, 0.1) is 18.3 Å². The van der Waals surface area contributed by atoms with Gasteiger partial charge in [-0.1, -0.05) is 0 Å². The van der Waals surface area contributed by atoms with Crippen molar-refractivity contribution in [1.29, 1.82) is 5.26 Å². The second-order valence-electron chi connectivity index (χ2n) is 4.30. The molecule has 1 unspecified atom stereocenters. The van der Waals surface area contributed by atoms with Crippen LogP contribution < -0.4 is 4.72 Å². The molecule has 1 atom stereocenters. The average molecular weight is 291 g/mol. The lowest BCUT2D eigenvalue weighted by molar-refractivity contribution is 0.560. The molecule has 0 saturated heterocycles. The quantitative estimate of drug-likeness (QED) is 0.873. The topological polar surface area (TPSA) is 112 Å². The molecule has 0 bridgehead atoms. The summed E-state index contributed by atoms with van der Waals surface area (Å²) in [5.41, 5.74) is 1.06. The fraction of sp³-hybridized carbons (Fsp3) is 0.250. The van der Waals surface area contributed by atoms with Gasteiger partial charge in [0, 0.05) is 0 Å². The minimum atomic E-state index is -3.68. The van der Waals surface area contributed by atoms with Crippen LogP contribution >= 0.6 is 0 Å². The number of nitrogens with one attached hydrogen (secondary N) is 2. The van der Waals surface area contributed by atoms with E-state index in [9.17, 15) is 8.42 Å². The van der Waals surface area contributed by atoms with Crippen molar-refractivity contribution in [2.24, 2.45) is 0 Å². The van der Waals surface area contributed by atoms with E-state index in [0.717, 1.165) is 0 Å². The molecule has 1 aromatic heterocycles. The summed E-state index contributed by atoms with van der Waals surface area (Å²) < 4.78 is 27.0. The van der Waals surface area contributed by atoms with Crippen molar-refractivity contribution in [2.75, 3.05) is 0 Å². The van der Waals surface area contributed by atoms with Crippen molar-refractivity contribution in [3.63, 3.8) is 0 Å². The Bertz CT molecular complexity index is 747. The number of aryl methyl sites for hydroxylation is 1. The van der Waals surface area contributed by atoms with E-state index >= 15 is 0 Å². The molecule has 1 aromatic carbocycles. The van der Waals surface area contributed by atoms with E-state index in [2.05, 4.69) is 19.9 Å². The number of benzene rings is 1. The molecule has 2 aromatic rings. The van der Waals surface area contributed by atoms with E-state index in [1.165, 1.54) is 24.5 Å². The van der Waals surface area contributed by atoms with Crippen LogP contribution in [0.5, 0.6) is 0 Å². The number of hydrogen-bond donors (Lipinski definition) is 2. The zero-order chi connectivity index (χ0) is 14.8. The second-order valence-corrected chi connectivity index (χ2v) is 6.02. The van der Waals surface area contributed by atoms with Gasteiger partial charge < -0.3 is 0 Å². The molecule has 8 heteroatoms. The van der Waals surface area contributed by atoms with Gasteiger partial charge in [0.2, 0.25) is 10.0 Å². The second kappa shape index (κ2) is 5.40. The maximum Gasteiger partial charge on any atom is 0.241 e. The highest BCUT2D eigenvalue weighted by Gasteiger charge is 2.20. The van der Waals surface area contributed by atoms with Crippen LogP contribution in [0.1, 0.15) is 29.9 Å². The Morgan fingerprint density at radius 3 is 2.75 bits per heavy atom. The predicted molar refractivity (Wildman–Crippen MR) is 71.0 cm³/mol. The number of H-pyrrole nitrogens is 1. The summed E-state index contributed by atoms with van der Waals surface area (Å²) >= 11 is 0. The first-order chi connectivity index (χ1) is 9.44. The fourth-order valence-corrected chi connectivity index (χ4v) is 3.00. The van der Waals surface area contributed by atoms with Gasteiger partial charge in [-0.3, -0.25) is 5.10 Å². The van der Waals surface area contributed by atoms with E-state index in [1.807, 2.05) is 6.07 Å². The average Bonchev–Trinajstić information content (AvgIpc) is 2.92. The van der Waals surface area contributed by atoms with Crippen molar-refractivity contribution in [2.45, 2.75) is 24.8 Å². The highest BCUT2D eigenvalue weighted by molar-refractivity contribution is 7.89. The van der Waals surface area contributed by atoms with Crippen LogP contribution in [-0.2, 0) is 10.0 Å². The molecule has 2 rings (SSSR count). The summed E-state index contributed by atoms with van der Waals surface area (Å²) in [6.45, 7) is 3.35. The van der Waals surface area contributed by atoms with Gasteiger partial charge in [0.05, 0.1) is 22.6 Å². The van der Waals surface area contributed by atoms with Crippen molar-refractivity contribution in [3.8, 4) is 6.07 Å². The van der Waals surface area contributed by atoms with Gasteiger partial charge in [-0.05, 0) is 37.6 Å². The highest BCUT2D eigenvalue weighted by atomic mass is 32.2. The molecule has 0 aliphatic carbocycles. The molecule has 0 spiro atoms. The maximum atomic E-state index is 12.2. The summed E-state index contributed by atoms with van der Waals surface area (Å²) in [6, 6.07) is 5.83. The summed E-state index contributed by atoms with van der Waals surface area (Å²) in [4.78, 5) is 4.01. The third kappa shape index (κ3) is 2.84. The number of nitrogens with zero attached hydrogens (tertiary/aromatic N) is 3. The van der Waals surface area contributed by atoms with Gasteiger partial charge in [-0.25, -0.2) is 18.1 Å². The minimum Gasteiger partial charge on any atom is -0.262 e. The number of sulfonamides is 1. The van der Waals surface area contributed by atoms with Gasteiger partial charge >= 0.3 is 0 Å². The highest BCUT2D eigenvalue weighted by Crippen LogP contribution is 2.17. The Morgan fingerprint density at radius 1 is 1.45 bits per heavy atom. The first-order valence-corrected chi connectivity index (χ1v) is 7.30. The lowest BCUT2D eigenvalue weighted by Gasteiger charge is -2.12. The zero-order valence-electron chi connectivity index (χ0n) is 11.0. The van der Waals surface area contributed by atoms with Crippen LogP contribution in [-0.4, -0.2) is 23.6 Å². The molecule has 0 fully saturated rings. The molecular formula is C12H13N5O2S. The third-order valence-corrected chi connectivity index (χ3v) is 4.34. The molecule has 2 N–H and O–H groups in total. The number of nitriles is 1. The largest absolute Gasteiger partial charge is 0.262 e. The van der Waals surface area contributed by atoms with Crippen LogP contribution in [0.4, 0.5) is 0 Å². The summed E-state index contributed by atoms with van der Waals surface area (Å²) in [7, 11) is -3.68. The third-order valence-electron chi connectivity index (χ3n) is 2.80. The summed E-state index contributed by atoms with van der Waals surface area (Å²) in [5.74, 6) is 0.430. The van der Waals surface area contributed by atoms with Crippen LogP contribution in [0.15, 0.2) is 29.4 Å². The molecule has 0 saturated carbocycles. The van der Waals surface area contributed by atoms with E-state index in [0.29, 0.717) is 17.0 Å². The lowest BCUT2D eigenvalue weighted by Crippen LogP contribution is -2.27. The van der Waals surface area contributed by atoms with Gasteiger partial charge in [0.25, 0.3) is 0 Å². The van der Waals surface area contributed by atoms with Crippen LogP contribution in [0.25, 0.3) is 0 Å². The Kier molecular flexibility index (Phi) is 3.83. The normalized spacial score (nSPS) is 12.8. The van der Waals surface area contributed by atoms with E-state index < -0.39 is 16.1 Å². The van der Waals surface area contributed by atoms with E-state index in [1.54, 1.807) is 13.8 Å². The van der Waals surface area contributed by atoms with Gasteiger partial charge in [0.15, 0.2) is 0 Å². The molecule has 0 aliphatic heterocycles. The molecule has 1 heterocycles. The molecule has 20 heavy (non-hydrogen) atoms. The lowest BCUT2D eigenvalue weighted by atomic mass is 10.1. The smallest absolute Gasteiger partial charge is 0.241 e. The number of aromatic nitrogens is 3. The molecule has 0 amide bonds. The Morgan fingerprint density at radius 2 is 2.20 bits per heavy atom. The van der Waals surface area contributed by atoms with Crippen molar-refractivity contribution in [3.05, 3.63) is 41.5 Å². The van der Waals surface area contributed by atoms with Crippen molar-refractivity contribution in [1.82, 2.24) is 19.9 Å². The molecular weight excluding hydrogens is 278 g/mol. The van der Waals surface area contributed by atoms with E-state index in [-0.39, 0.29) is 4.90 Å².